The summed E-state index contributed by atoms with van der Waals surface area (Å²) in [5, 5.41) is 9.82. The van der Waals surface area contributed by atoms with Gasteiger partial charge in [0, 0.05) is 33.6 Å². The number of hydrogen-bond donors (Lipinski definition) is 2. The maximum Gasteiger partial charge on any atom is 0.341 e. The largest absolute Gasteiger partial charge is 0.494 e. The summed E-state index contributed by atoms with van der Waals surface area (Å²) in [4.78, 5) is 26.6. The van der Waals surface area contributed by atoms with Crippen LogP contribution in [0.3, 0.4) is 0 Å². The Kier molecular flexibility index (Phi) is 4.92. The molecule has 1 unspecified atom stereocenters. The van der Waals surface area contributed by atoms with E-state index in [2.05, 4.69) is 10.8 Å². The summed E-state index contributed by atoms with van der Waals surface area (Å²) in [5.74, 6) is -0.685. The van der Waals surface area contributed by atoms with Gasteiger partial charge in [0.05, 0.1) is 24.3 Å². The van der Waals surface area contributed by atoms with Crippen LogP contribution in [0.5, 0.6) is 5.75 Å². The molecule has 0 amide bonds. The predicted molar refractivity (Wildman–Crippen MR) is 122 cm³/mol. The summed E-state index contributed by atoms with van der Waals surface area (Å²) in [5.41, 5.74) is 1.81. The summed E-state index contributed by atoms with van der Waals surface area (Å²) in [7, 11) is -1.71. The second kappa shape index (κ2) is 7.43. The number of nitrogens with one attached hydrogen (secondary N) is 1. The quantitative estimate of drug-likeness (QED) is 0.568. The molecule has 0 aliphatic heterocycles. The first kappa shape index (κ1) is 21.2. The second-order valence-corrected chi connectivity index (χ2v) is 11.3. The number of fused-ring (bicyclic) bond motifs is 2. The molecule has 32 heavy (non-hydrogen) atoms. The van der Waals surface area contributed by atoms with Crippen LogP contribution in [-0.2, 0) is 22.9 Å². The number of aromatic carboxylic acids is 1. The van der Waals surface area contributed by atoms with Crippen molar-refractivity contribution < 1.29 is 23.1 Å². The summed E-state index contributed by atoms with van der Waals surface area (Å²) < 4.78 is 33.4. The first-order valence-electron chi connectivity index (χ1n) is 10.2. The lowest BCUT2D eigenvalue weighted by atomic mass is 10.0. The highest BCUT2D eigenvalue weighted by Gasteiger charge is 2.31. The fraction of sp³-hybridized carbons (Fsp3) is 0.364. The molecule has 10 heteroatoms. The van der Waals surface area contributed by atoms with Crippen molar-refractivity contribution in [2.24, 2.45) is 0 Å². The SMILES string of the molecule is COc1c(-c2cc3c(s2)CC(NS(C)(=O)=O)C3)ccc2c(=O)c(C(=O)O)cn(C3CC3)c12. The third-order valence-corrected chi connectivity index (χ3v) is 7.96. The van der Waals surface area contributed by atoms with Gasteiger partial charge in [-0.25, -0.2) is 17.9 Å². The standard InChI is InChI=1S/C22H22N2O6S2/c1-30-21-14(18-8-11-7-12(9-17(11)31-18)23-32(2,28)29)5-6-15-19(21)24(13-3-4-13)10-16(20(15)25)22(26)27/h5-6,8,10,12-13,23H,3-4,7,9H2,1-2H3,(H,26,27). The lowest BCUT2D eigenvalue weighted by Crippen LogP contribution is -2.34. The average Bonchev–Trinajstić information content (AvgIpc) is 3.38. The van der Waals surface area contributed by atoms with Crippen LogP contribution in [0.25, 0.3) is 21.3 Å². The number of thiophene rings is 1. The van der Waals surface area contributed by atoms with Crippen molar-refractivity contribution in [3.63, 3.8) is 0 Å². The van der Waals surface area contributed by atoms with E-state index in [9.17, 15) is 23.1 Å². The molecule has 0 spiro atoms. The maximum absolute atomic E-state index is 12.8. The van der Waals surface area contributed by atoms with Gasteiger partial charge in [-0.3, -0.25) is 4.79 Å². The van der Waals surface area contributed by atoms with E-state index in [1.807, 2.05) is 4.57 Å². The number of carboxylic acid groups (broad SMARTS) is 1. The highest BCUT2D eigenvalue weighted by atomic mass is 32.2. The Balaban J connectivity index is 1.62. The Labute approximate surface area is 188 Å². The fourth-order valence-electron chi connectivity index (χ4n) is 4.50. The first-order chi connectivity index (χ1) is 15.2. The van der Waals surface area contributed by atoms with Crippen molar-refractivity contribution >= 4 is 38.2 Å². The Morgan fingerprint density at radius 2 is 2.03 bits per heavy atom. The van der Waals surface area contributed by atoms with Gasteiger partial charge in [-0.1, -0.05) is 0 Å². The highest BCUT2D eigenvalue weighted by molar-refractivity contribution is 7.88. The number of carbonyl (C=O) groups is 1. The second-order valence-electron chi connectivity index (χ2n) is 8.41. The smallest absolute Gasteiger partial charge is 0.341 e. The maximum atomic E-state index is 12.8. The van der Waals surface area contributed by atoms with E-state index >= 15 is 0 Å². The van der Waals surface area contributed by atoms with Crippen molar-refractivity contribution in [3.05, 3.63) is 50.6 Å². The zero-order valence-electron chi connectivity index (χ0n) is 17.5. The Bertz CT molecular complexity index is 1410. The number of nitrogens with zero attached hydrogens (tertiary/aromatic N) is 1. The fourth-order valence-corrected chi connectivity index (χ4v) is 6.57. The van der Waals surface area contributed by atoms with Gasteiger partial charge >= 0.3 is 5.97 Å². The van der Waals surface area contributed by atoms with Crippen LogP contribution < -0.4 is 14.9 Å². The summed E-state index contributed by atoms with van der Waals surface area (Å²) in [6.45, 7) is 0. The molecule has 168 valence electrons. The van der Waals surface area contributed by atoms with Crippen LogP contribution in [0.4, 0.5) is 0 Å². The third kappa shape index (κ3) is 3.62. The summed E-state index contributed by atoms with van der Waals surface area (Å²) in [6, 6.07) is 5.56. The molecule has 3 aromatic rings. The van der Waals surface area contributed by atoms with Gasteiger partial charge in [0.25, 0.3) is 0 Å². The topological polar surface area (TPSA) is 115 Å². The van der Waals surface area contributed by atoms with Gasteiger partial charge in [0.1, 0.15) is 5.56 Å². The molecule has 0 bridgehead atoms. The monoisotopic (exact) mass is 474 g/mol. The van der Waals surface area contributed by atoms with Crippen LogP contribution in [0.15, 0.2) is 29.2 Å². The van der Waals surface area contributed by atoms with E-state index in [-0.39, 0.29) is 17.6 Å². The Hall–Kier alpha value is -2.69. The number of hydrogen-bond acceptors (Lipinski definition) is 6. The number of rotatable bonds is 6. The van der Waals surface area contributed by atoms with Crippen LogP contribution in [0, 0.1) is 0 Å². The zero-order valence-corrected chi connectivity index (χ0v) is 19.2. The number of pyridine rings is 1. The van der Waals surface area contributed by atoms with Crippen molar-refractivity contribution in [2.75, 3.05) is 13.4 Å². The third-order valence-electron chi connectivity index (χ3n) is 5.96. The van der Waals surface area contributed by atoms with Crippen LogP contribution in [0.2, 0.25) is 0 Å². The molecular formula is C22H22N2O6S2. The van der Waals surface area contributed by atoms with Gasteiger partial charge in [0.2, 0.25) is 15.5 Å². The Morgan fingerprint density at radius 1 is 1.28 bits per heavy atom. The number of aromatic nitrogens is 1. The van der Waals surface area contributed by atoms with E-state index < -0.39 is 21.4 Å². The Morgan fingerprint density at radius 3 is 2.62 bits per heavy atom. The van der Waals surface area contributed by atoms with Gasteiger partial charge in [-0.05, 0) is 49.4 Å². The molecule has 2 aliphatic carbocycles. The normalized spacial score (nSPS) is 18.1. The predicted octanol–water partition coefficient (Wildman–Crippen LogP) is 2.79. The minimum absolute atomic E-state index is 0.131. The number of ether oxygens (including phenoxy) is 1. The van der Waals surface area contributed by atoms with Crippen LogP contribution >= 0.6 is 11.3 Å². The zero-order chi connectivity index (χ0) is 22.8. The summed E-state index contributed by atoms with van der Waals surface area (Å²) >= 11 is 1.59. The molecule has 0 saturated heterocycles. The molecule has 2 N–H and O–H groups in total. The van der Waals surface area contributed by atoms with Crippen LogP contribution in [-0.4, -0.2) is 43.5 Å². The highest BCUT2D eigenvalue weighted by Crippen LogP contribution is 2.45. The molecule has 5 rings (SSSR count). The minimum atomic E-state index is -3.26. The molecule has 1 atom stereocenters. The van der Waals surface area contributed by atoms with Crippen molar-refractivity contribution in [2.45, 2.75) is 37.8 Å². The molecule has 2 heterocycles. The molecule has 0 radical (unpaired) electrons. The van der Waals surface area contributed by atoms with Crippen LogP contribution in [0.1, 0.15) is 39.7 Å². The molecule has 2 aliphatic rings. The number of sulfonamides is 1. The van der Waals surface area contributed by atoms with E-state index in [0.717, 1.165) is 33.7 Å². The van der Waals surface area contributed by atoms with E-state index in [1.54, 1.807) is 30.6 Å². The molecule has 1 saturated carbocycles. The van der Waals surface area contributed by atoms with Gasteiger partial charge in [-0.15, -0.1) is 11.3 Å². The van der Waals surface area contributed by atoms with Gasteiger partial charge in [0.15, 0.2) is 5.75 Å². The van der Waals surface area contributed by atoms with E-state index in [1.165, 1.54) is 12.5 Å². The van der Waals surface area contributed by atoms with Gasteiger partial charge in [-0.2, -0.15) is 0 Å². The van der Waals surface area contributed by atoms with Crippen molar-refractivity contribution in [1.29, 1.82) is 0 Å². The van der Waals surface area contributed by atoms with Crippen molar-refractivity contribution in [1.82, 2.24) is 9.29 Å². The molecular weight excluding hydrogens is 452 g/mol. The van der Waals surface area contributed by atoms with E-state index in [0.29, 0.717) is 29.5 Å². The first-order valence-corrected chi connectivity index (χ1v) is 13.0. The lowest BCUT2D eigenvalue weighted by molar-refractivity contribution is 0.0694. The molecule has 1 aromatic carbocycles. The minimum Gasteiger partial charge on any atom is -0.494 e. The van der Waals surface area contributed by atoms with Crippen molar-refractivity contribution in [3.8, 4) is 16.2 Å². The van der Waals surface area contributed by atoms with E-state index in [4.69, 9.17) is 4.74 Å². The molecule has 1 fully saturated rings. The number of benzene rings is 1. The number of carboxylic acids is 1. The van der Waals surface area contributed by atoms with Gasteiger partial charge < -0.3 is 14.4 Å². The summed E-state index contributed by atoms with van der Waals surface area (Å²) in [6.07, 6.45) is 5.72. The lowest BCUT2D eigenvalue weighted by Gasteiger charge is -2.17. The average molecular weight is 475 g/mol. The molecule has 2 aromatic heterocycles. The number of methoxy groups -OCH3 is 1. The molecule has 8 nitrogen and oxygen atoms in total.